The van der Waals surface area contributed by atoms with Crippen molar-refractivity contribution in [3.05, 3.63) is 0 Å². The van der Waals surface area contributed by atoms with E-state index < -0.39 is 0 Å². The highest BCUT2D eigenvalue weighted by Crippen LogP contribution is 2.38. The first-order valence-electron chi connectivity index (χ1n) is 8.66. The molecule has 0 aromatic carbocycles. The van der Waals surface area contributed by atoms with Crippen LogP contribution in [0.25, 0.3) is 0 Å². The van der Waals surface area contributed by atoms with E-state index in [-0.39, 0.29) is 0 Å². The first-order valence-corrected chi connectivity index (χ1v) is 8.66. The molecular weight excluding hydrogens is 248 g/mol. The fourth-order valence-electron chi connectivity index (χ4n) is 4.51. The van der Waals surface area contributed by atoms with Gasteiger partial charge < -0.3 is 4.74 Å². The van der Waals surface area contributed by atoms with Gasteiger partial charge in [-0.25, -0.2) is 0 Å². The summed E-state index contributed by atoms with van der Waals surface area (Å²) in [6, 6.07) is 0.332. The predicted octanol–water partition coefficient (Wildman–Crippen LogP) is 3.49. The van der Waals surface area contributed by atoms with Crippen LogP contribution in [0, 0.1) is 23.7 Å². The lowest BCUT2D eigenvalue weighted by molar-refractivity contribution is -0.0189. The number of hydrazine groups is 1. The van der Waals surface area contributed by atoms with E-state index in [9.17, 15) is 0 Å². The van der Waals surface area contributed by atoms with Gasteiger partial charge in [0.05, 0.1) is 12.1 Å². The van der Waals surface area contributed by atoms with Gasteiger partial charge in [0.2, 0.25) is 0 Å². The third kappa shape index (κ3) is 3.75. The minimum Gasteiger partial charge on any atom is -0.379 e. The maximum absolute atomic E-state index is 5.94. The Bertz CT molecular complexity index is 278. The first kappa shape index (κ1) is 16.3. The maximum Gasteiger partial charge on any atom is 0.0768 e. The van der Waals surface area contributed by atoms with Gasteiger partial charge in [-0.3, -0.25) is 11.3 Å². The van der Waals surface area contributed by atoms with Crippen molar-refractivity contribution < 1.29 is 4.74 Å². The summed E-state index contributed by atoms with van der Waals surface area (Å²) in [7, 11) is 1.87. The zero-order valence-corrected chi connectivity index (χ0v) is 13.6. The van der Waals surface area contributed by atoms with E-state index in [0.717, 1.165) is 11.8 Å². The number of ether oxygens (including phenoxy) is 1. The standard InChI is InChI=1S/C17H34N2O/c1-12-9-10-15(11-13(12)2)16(19-18)17(20-3)14-7-5-4-6-8-14/h12-17,19H,4-11,18H2,1-3H3. The smallest absolute Gasteiger partial charge is 0.0768 e. The zero-order valence-electron chi connectivity index (χ0n) is 13.6. The Morgan fingerprint density at radius 1 is 0.950 bits per heavy atom. The number of nitrogens with two attached hydrogens (primary N) is 1. The molecule has 5 atom stereocenters. The summed E-state index contributed by atoms with van der Waals surface area (Å²) >= 11 is 0. The quantitative estimate of drug-likeness (QED) is 0.599. The van der Waals surface area contributed by atoms with Crippen molar-refractivity contribution in [2.75, 3.05) is 7.11 Å². The van der Waals surface area contributed by atoms with E-state index in [1.54, 1.807) is 0 Å². The van der Waals surface area contributed by atoms with Crippen LogP contribution >= 0.6 is 0 Å². The summed E-state index contributed by atoms with van der Waals surface area (Å²) in [6.07, 6.45) is 11.0. The summed E-state index contributed by atoms with van der Waals surface area (Å²) in [4.78, 5) is 0. The lowest BCUT2D eigenvalue weighted by Gasteiger charge is -2.42. The van der Waals surface area contributed by atoms with Gasteiger partial charge in [-0.2, -0.15) is 0 Å². The van der Waals surface area contributed by atoms with Gasteiger partial charge in [-0.05, 0) is 49.4 Å². The average Bonchev–Trinajstić information content (AvgIpc) is 2.48. The molecule has 2 saturated carbocycles. The molecule has 3 N–H and O–H groups in total. The molecule has 2 aliphatic rings. The molecule has 2 fully saturated rings. The molecule has 0 radical (unpaired) electrons. The molecule has 0 spiro atoms. The molecule has 0 aromatic rings. The van der Waals surface area contributed by atoms with Crippen LogP contribution in [0.3, 0.4) is 0 Å². The molecule has 2 rings (SSSR count). The Morgan fingerprint density at radius 3 is 2.20 bits per heavy atom. The van der Waals surface area contributed by atoms with Crippen molar-refractivity contribution in [1.29, 1.82) is 0 Å². The molecule has 3 heteroatoms. The number of hydrogen-bond acceptors (Lipinski definition) is 3. The molecule has 118 valence electrons. The molecule has 2 aliphatic carbocycles. The van der Waals surface area contributed by atoms with Gasteiger partial charge in [0.15, 0.2) is 0 Å². The molecule has 0 saturated heterocycles. The van der Waals surface area contributed by atoms with Crippen LogP contribution in [0.5, 0.6) is 0 Å². The van der Waals surface area contributed by atoms with Gasteiger partial charge in [-0.1, -0.05) is 39.5 Å². The lowest BCUT2D eigenvalue weighted by Crippen LogP contribution is -2.53. The molecule has 0 amide bonds. The Hall–Kier alpha value is -0.120. The highest BCUT2D eigenvalue weighted by atomic mass is 16.5. The van der Waals surface area contributed by atoms with Gasteiger partial charge in [-0.15, -0.1) is 0 Å². The summed E-state index contributed by atoms with van der Waals surface area (Å²) < 4.78 is 5.92. The SMILES string of the molecule is COC(C1CCCCC1)C(NN)C1CCC(C)C(C)C1. The lowest BCUT2D eigenvalue weighted by atomic mass is 9.70. The van der Waals surface area contributed by atoms with Crippen LogP contribution in [0.1, 0.15) is 65.2 Å². The molecule has 3 nitrogen and oxygen atoms in total. The van der Waals surface area contributed by atoms with Gasteiger partial charge in [0, 0.05) is 7.11 Å². The third-order valence-electron chi connectivity index (χ3n) is 6.08. The summed E-state index contributed by atoms with van der Waals surface area (Å²) in [5, 5.41) is 0. The van der Waals surface area contributed by atoms with Crippen LogP contribution in [0.2, 0.25) is 0 Å². The first-order chi connectivity index (χ1) is 9.67. The fraction of sp³-hybridized carbons (Fsp3) is 1.00. The van der Waals surface area contributed by atoms with E-state index in [2.05, 4.69) is 19.3 Å². The van der Waals surface area contributed by atoms with Crippen molar-refractivity contribution in [1.82, 2.24) is 5.43 Å². The monoisotopic (exact) mass is 282 g/mol. The number of rotatable bonds is 5. The zero-order chi connectivity index (χ0) is 14.5. The number of methoxy groups -OCH3 is 1. The second kappa shape index (κ2) is 7.77. The van der Waals surface area contributed by atoms with E-state index in [4.69, 9.17) is 10.6 Å². The molecule has 0 aliphatic heterocycles. The van der Waals surface area contributed by atoms with E-state index >= 15 is 0 Å². The van der Waals surface area contributed by atoms with Crippen molar-refractivity contribution in [2.45, 2.75) is 77.4 Å². The molecule has 5 unspecified atom stereocenters. The second-order valence-electron chi connectivity index (χ2n) is 7.32. The van der Waals surface area contributed by atoms with E-state index in [1.807, 2.05) is 7.11 Å². The van der Waals surface area contributed by atoms with Gasteiger partial charge in [0.25, 0.3) is 0 Å². The van der Waals surface area contributed by atoms with Gasteiger partial charge >= 0.3 is 0 Å². The van der Waals surface area contributed by atoms with E-state index in [1.165, 1.54) is 51.4 Å². The largest absolute Gasteiger partial charge is 0.379 e. The highest BCUT2D eigenvalue weighted by Gasteiger charge is 2.37. The Labute approximate surface area is 125 Å². The summed E-state index contributed by atoms with van der Waals surface area (Å²) in [5.41, 5.74) is 3.13. The Balaban J connectivity index is 2.00. The number of nitrogens with one attached hydrogen (secondary N) is 1. The van der Waals surface area contributed by atoms with Crippen molar-refractivity contribution in [3.8, 4) is 0 Å². The Kier molecular flexibility index (Phi) is 6.31. The third-order valence-corrected chi connectivity index (χ3v) is 6.08. The van der Waals surface area contributed by atoms with Crippen molar-refractivity contribution >= 4 is 0 Å². The van der Waals surface area contributed by atoms with Crippen molar-refractivity contribution in [2.24, 2.45) is 29.5 Å². The summed E-state index contributed by atoms with van der Waals surface area (Å²) in [6.45, 7) is 4.79. The predicted molar refractivity (Wildman–Crippen MR) is 84.2 cm³/mol. The highest BCUT2D eigenvalue weighted by molar-refractivity contribution is 4.91. The molecule has 0 aromatic heterocycles. The second-order valence-corrected chi connectivity index (χ2v) is 7.32. The summed E-state index contributed by atoms with van der Waals surface area (Å²) in [5.74, 6) is 8.99. The molecule has 0 bridgehead atoms. The van der Waals surface area contributed by atoms with Crippen LogP contribution < -0.4 is 11.3 Å². The normalized spacial score (nSPS) is 35.7. The molecular formula is C17H34N2O. The maximum atomic E-state index is 5.94. The van der Waals surface area contributed by atoms with Crippen LogP contribution in [-0.4, -0.2) is 19.3 Å². The van der Waals surface area contributed by atoms with Gasteiger partial charge in [0.1, 0.15) is 0 Å². The number of hydrogen-bond donors (Lipinski definition) is 2. The Morgan fingerprint density at radius 2 is 1.65 bits per heavy atom. The van der Waals surface area contributed by atoms with Crippen LogP contribution in [0.4, 0.5) is 0 Å². The fourth-order valence-corrected chi connectivity index (χ4v) is 4.51. The topological polar surface area (TPSA) is 47.3 Å². The van der Waals surface area contributed by atoms with Crippen molar-refractivity contribution in [3.63, 3.8) is 0 Å². The van der Waals surface area contributed by atoms with Crippen LogP contribution in [0.15, 0.2) is 0 Å². The minimum atomic E-state index is 0.297. The van der Waals surface area contributed by atoms with E-state index in [0.29, 0.717) is 24.0 Å². The molecule has 0 heterocycles. The van der Waals surface area contributed by atoms with Crippen LogP contribution in [-0.2, 0) is 4.74 Å². The average molecular weight is 282 g/mol. The minimum absolute atomic E-state index is 0.297. The molecule has 20 heavy (non-hydrogen) atoms.